The Balaban J connectivity index is 1.88. The van der Waals surface area contributed by atoms with Crippen LogP contribution in [-0.4, -0.2) is 4.98 Å². The van der Waals surface area contributed by atoms with Crippen LogP contribution in [0.3, 0.4) is 0 Å². The van der Waals surface area contributed by atoms with Gasteiger partial charge < -0.3 is 5.32 Å². The largest absolute Gasteiger partial charge is 0.309 e. The number of nitrogens with zero attached hydrogens (tertiary/aromatic N) is 2. The fraction of sp³-hybridized carbons (Fsp3) is 0.143. The van der Waals surface area contributed by atoms with Gasteiger partial charge in [-0.1, -0.05) is 12.1 Å². The van der Waals surface area contributed by atoms with E-state index in [1.54, 1.807) is 12.4 Å². The third kappa shape index (κ3) is 3.40. The molecule has 1 N–H and O–H groups in total. The van der Waals surface area contributed by atoms with Gasteiger partial charge in [-0.25, -0.2) is 0 Å². The molecule has 2 rings (SSSR count). The molecule has 3 heteroatoms. The fourth-order valence-corrected chi connectivity index (χ4v) is 1.60. The van der Waals surface area contributed by atoms with Crippen LogP contribution in [0.5, 0.6) is 0 Å². The van der Waals surface area contributed by atoms with E-state index in [1.807, 2.05) is 36.4 Å². The fourth-order valence-electron chi connectivity index (χ4n) is 1.60. The van der Waals surface area contributed by atoms with Crippen molar-refractivity contribution in [3.8, 4) is 6.07 Å². The van der Waals surface area contributed by atoms with Crippen molar-refractivity contribution in [1.82, 2.24) is 10.3 Å². The van der Waals surface area contributed by atoms with Crippen LogP contribution in [0.25, 0.3) is 0 Å². The number of hydrogen-bond acceptors (Lipinski definition) is 3. The van der Waals surface area contributed by atoms with Gasteiger partial charge in [0.1, 0.15) is 0 Å². The van der Waals surface area contributed by atoms with Crippen LogP contribution in [0.1, 0.15) is 16.7 Å². The lowest BCUT2D eigenvalue weighted by Crippen LogP contribution is -2.12. The maximum absolute atomic E-state index is 8.79. The summed E-state index contributed by atoms with van der Waals surface area (Å²) in [5.41, 5.74) is 3.03. The zero-order valence-corrected chi connectivity index (χ0v) is 9.43. The number of nitrogens with one attached hydrogen (secondary N) is 1. The van der Waals surface area contributed by atoms with Crippen molar-refractivity contribution in [2.75, 3.05) is 0 Å². The van der Waals surface area contributed by atoms with Gasteiger partial charge in [0.2, 0.25) is 0 Å². The first-order valence-electron chi connectivity index (χ1n) is 5.47. The minimum Gasteiger partial charge on any atom is -0.309 e. The predicted molar refractivity (Wildman–Crippen MR) is 65.9 cm³/mol. The van der Waals surface area contributed by atoms with E-state index in [-0.39, 0.29) is 0 Å². The van der Waals surface area contributed by atoms with Gasteiger partial charge in [-0.2, -0.15) is 5.26 Å². The van der Waals surface area contributed by atoms with Gasteiger partial charge in [-0.15, -0.1) is 0 Å². The van der Waals surface area contributed by atoms with E-state index in [2.05, 4.69) is 16.4 Å². The minimum atomic E-state index is 0.702. The molecule has 0 bridgehead atoms. The SMILES string of the molecule is N#Cc1cccc(CNCc2ccncc2)c1. The van der Waals surface area contributed by atoms with Crippen LogP contribution < -0.4 is 5.32 Å². The van der Waals surface area contributed by atoms with Gasteiger partial charge in [0, 0.05) is 25.5 Å². The Bertz CT molecular complexity index is 514. The monoisotopic (exact) mass is 223 g/mol. The summed E-state index contributed by atoms with van der Waals surface area (Å²) in [6.45, 7) is 1.57. The minimum absolute atomic E-state index is 0.702. The number of hydrogen-bond donors (Lipinski definition) is 1. The zero-order valence-electron chi connectivity index (χ0n) is 9.43. The third-order valence-corrected chi connectivity index (χ3v) is 2.46. The van der Waals surface area contributed by atoms with Gasteiger partial charge >= 0.3 is 0 Å². The number of rotatable bonds is 4. The molecule has 0 saturated carbocycles. The Hall–Kier alpha value is -2.18. The lowest BCUT2D eigenvalue weighted by atomic mass is 10.1. The molecule has 1 aromatic carbocycles. The Morgan fingerprint density at radius 1 is 1.06 bits per heavy atom. The molecule has 0 radical (unpaired) electrons. The molecule has 1 aromatic heterocycles. The summed E-state index contributed by atoms with van der Waals surface area (Å²) in [4.78, 5) is 3.97. The lowest BCUT2D eigenvalue weighted by Gasteiger charge is -2.05. The van der Waals surface area contributed by atoms with E-state index in [4.69, 9.17) is 5.26 Å². The molecule has 0 aliphatic carbocycles. The highest BCUT2D eigenvalue weighted by Crippen LogP contribution is 2.04. The Morgan fingerprint density at radius 3 is 2.59 bits per heavy atom. The second-order valence-electron chi connectivity index (χ2n) is 3.77. The van der Waals surface area contributed by atoms with E-state index in [1.165, 1.54) is 5.56 Å². The van der Waals surface area contributed by atoms with E-state index >= 15 is 0 Å². The molecule has 0 aliphatic rings. The summed E-state index contributed by atoms with van der Waals surface area (Å²) in [5.74, 6) is 0. The van der Waals surface area contributed by atoms with Crippen molar-refractivity contribution in [3.63, 3.8) is 0 Å². The molecule has 0 amide bonds. The number of pyridine rings is 1. The highest BCUT2D eigenvalue weighted by molar-refractivity contribution is 5.32. The molecule has 0 aliphatic heterocycles. The quantitative estimate of drug-likeness (QED) is 0.864. The average molecular weight is 223 g/mol. The van der Waals surface area contributed by atoms with Gasteiger partial charge in [0.05, 0.1) is 11.6 Å². The first-order valence-corrected chi connectivity index (χ1v) is 5.47. The summed E-state index contributed by atoms with van der Waals surface area (Å²) >= 11 is 0. The maximum atomic E-state index is 8.79. The molecule has 1 heterocycles. The second kappa shape index (κ2) is 5.78. The van der Waals surface area contributed by atoms with Crippen LogP contribution in [0.15, 0.2) is 48.8 Å². The highest BCUT2D eigenvalue weighted by atomic mass is 14.8. The Kier molecular flexibility index (Phi) is 3.85. The van der Waals surface area contributed by atoms with Gasteiger partial charge in [-0.3, -0.25) is 4.98 Å². The van der Waals surface area contributed by atoms with Crippen LogP contribution in [-0.2, 0) is 13.1 Å². The summed E-state index contributed by atoms with van der Waals surface area (Å²) in [6.07, 6.45) is 3.57. The van der Waals surface area contributed by atoms with E-state index in [0.717, 1.165) is 18.7 Å². The standard InChI is InChI=1S/C14H13N3/c15-9-13-2-1-3-14(8-13)11-17-10-12-4-6-16-7-5-12/h1-8,17H,10-11H2. The number of benzene rings is 1. The van der Waals surface area contributed by atoms with Crippen LogP contribution in [0.4, 0.5) is 0 Å². The van der Waals surface area contributed by atoms with E-state index in [9.17, 15) is 0 Å². The van der Waals surface area contributed by atoms with Crippen molar-refractivity contribution < 1.29 is 0 Å². The molecule has 3 nitrogen and oxygen atoms in total. The second-order valence-corrected chi connectivity index (χ2v) is 3.77. The molecular formula is C14H13N3. The molecular weight excluding hydrogens is 210 g/mol. The Morgan fingerprint density at radius 2 is 1.82 bits per heavy atom. The molecule has 17 heavy (non-hydrogen) atoms. The molecule has 2 aromatic rings. The van der Waals surface area contributed by atoms with Gasteiger partial charge in [0.25, 0.3) is 0 Å². The number of aromatic nitrogens is 1. The van der Waals surface area contributed by atoms with Crippen molar-refractivity contribution in [2.24, 2.45) is 0 Å². The molecule has 0 unspecified atom stereocenters. The predicted octanol–water partition coefficient (Wildman–Crippen LogP) is 2.24. The average Bonchev–Trinajstić information content (AvgIpc) is 2.40. The summed E-state index contributed by atoms with van der Waals surface area (Å²) in [5, 5.41) is 12.1. The summed E-state index contributed by atoms with van der Waals surface area (Å²) in [7, 11) is 0. The van der Waals surface area contributed by atoms with Gasteiger partial charge in [-0.05, 0) is 35.4 Å². The third-order valence-electron chi connectivity index (χ3n) is 2.46. The van der Waals surface area contributed by atoms with Crippen LogP contribution in [0, 0.1) is 11.3 Å². The smallest absolute Gasteiger partial charge is 0.0991 e. The van der Waals surface area contributed by atoms with Crippen molar-refractivity contribution in [2.45, 2.75) is 13.1 Å². The van der Waals surface area contributed by atoms with Gasteiger partial charge in [0.15, 0.2) is 0 Å². The lowest BCUT2D eigenvalue weighted by molar-refractivity contribution is 0.692. The van der Waals surface area contributed by atoms with E-state index in [0.29, 0.717) is 5.56 Å². The first kappa shape index (κ1) is 11.3. The molecule has 84 valence electrons. The van der Waals surface area contributed by atoms with Crippen LogP contribution >= 0.6 is 0 Å². The topological polar surface area (TPSA) is 48.7 Å². The molecule has 0 saturated heterocycles. The van der Waals surface area contributed by atoms with Crippen LogP contribution in [0.2, 0.25) is 0 Å². The normalized spacial score (nSPS) is 9.82. The number of nitriles is 1. The molecule has 0 spiro atoms. The zero-order chi connectivity index (χ0) is 11.9. The molecule has 0 fully saturated rings. The maximum Gasteiger partial charge on any atom is 0.0991 e. The molecule has 0 atom stereocenters. The first-order chi connectivity index (χ1) is 8.38. The van der Waals surface area contributed by atoms with E-state index < -0.39 is 0 Å². The summed E-state index contributed by atoms with van der Waals surface area (Å²) in [6, 6.07) is 13.7. The van der Waals surface area contributed by atoms with Crippen molar-refractivity contribution >= 4 is 0 Å². The Labute approximate surface area is 101 Å². The highest BCUT2D eigenvalue weighted by Gasteiger charge is 1.95. The van der Waals surface area contributed by atoms with Crippen molar-refractivity contribution in [3.05, 3.63) is 65.5 Å². The van der Waals surface area contributed by atoms with Crippen molar-refractivity contribution in [1.29, 1.82) is 5.26 Å². The summed E-state index contributed by atoms with van der Waals surface area (Å²) < 4.78 is 0.